The van der Waals surface area contributed by atoms with E-state index in [1.807, 2.05) is 0 Å². The number of hydrogen-bond acceptors (Lipinski definition) is 4. The van der Waals surface area contributed by atoms with Crippen molar-refractivity contribution < 1.29 is 19.7 Å². The third-order valence-corrected chi connectivity index (χ3v) is 2.52. The van der Waals surface area contributed by atoms with Crippen molar-refractivity contribution in [2.75, 3.05) is 13.3 Å². The summed E-state index contributed by atoms with van der Waals surface area (Å²) >= 11 is 0. The molecule has 72 valence electrons. The highest BCUT2D eigenvalue weighted by Gasteiger charge is 2.51. The van der Waals surface area contributed by atoms with Gasteiger partial charge in [0.25, 0.3) is 0 Å². The van der Waals surface area contributed by atoms with Crippen LogP contribution in [0.2, 0.25) is 0 Å². The van der Waals surface area contributed by atoms with Crippen molar-refractivity contribution in [2.45, 2.75) is 30.7 Å². The lowest BCUT2D eigenvalue weighted by molar-refractivity contribution is -0.0811. The van der Waals surface area contributed by atoms with Crippen LogP contribution in [0.15, 0.2) is 0 Å². The first kappa shape index (κ1) is 9.85. The zero-order chi connectivity index (χ0) is 9.35. The molecule has 0 radical (unpaired) electrons. The van der Waals surface area contributed by atoms with Gasteiger partial charge in [-0.05, 0) is 6.92 Å². The van der Waals surface area contributed by atoms with Gasteiger partial charge in [0.1, 0.15) is 18.4 Å². The Bertz CT molecular complexity index is 169. The van der Waals surface area contributed by atoms with Gasteiger partial charge in [0.2, 0.25) is 0 Å². The predicted octanol–water partition coefficient (Wildman–Crippen LogP) is -1.60. The lowest BCUT2D eigenvalue weighted by atomic mass is 9.93. The topological polar surface area (TPSA) is 72.7 Å². The molecule has 0 spiro atoms. The lowest BCUT2D eigenvalue weighted by Crippen LogP contribution is -2.49. The molecule has 1 heterocycles. The van der Waals surface area contributed by atoms with Crippen LogP contribution in [-0.4, -0.2) is 52.4 Å². The van der Waals surface area contributed by atoms with Crippen LogP contribution in [0.4, 0.5) is 4.39 Å². The SMILES string of the molecule is C[C@@H]1N[C@H](CO)[C@@H](O)[C@]1(O)CF. The highest BCUT2D eigenvalue weighted by molar-refractivity contribution is 5.07. The largest absolute Gasteiger partial charge is 0.395 e. The molecule has 0 amide bonds. The maximum absolute atomic E-state index is 12.4. The Morgan fingerprint density at radius 2 is 2.17 bits per heavy atom. The second-order valence-corrected chi connectivity index (χ2v) is 3.25. The molecule has 4 atom stereocenters. The van der Waals surface area contributed by atoms with Gasteiger partial charge in [-0.3, -0.25) is 0 Å². The highest BCUT2D eigenvalue weighted by atomic mass is 19.1. The summed E-state index contributed by atoms with van der Waals surface area (Å²) in [6, 6.07) is -1.18. The monoisotopic (exact) mass is 179 g/mol. The minimum absolute atomic E-state index is 0.312. The van der Waals surface area contributed by atoms with Gasteiger partial charge in [0, 0.05) is 6.04 Å². The van der Waals surface area contributed by atoms with E-state index < -0.39 is 30.5 Å². The smallest absolute Gasteiger partial charge is 0.135 e. The van der Waals surface area contributed by atoms with Crippen molar-refractivity contribution in [3.63, 3.8) is 0 Å². The Morgan fingerprint density at radius 3 is 2.42 bits per heavy atom. The Balaban J connectivity index is 2.76. The number of nitrogens with one attached hydrogen (secondary N) is 1. The van der Waals surface area contributed by atoms with Crippen molar-refractivity contribution >= 4 is 0 Å². The molecule has 0 aromatic carbocycles. The van der Waals surface area contributed by atoms with Crippen LogP contribution in [-0.2, 0) is 0 Å². The fourth-order valence-electron chi connectivity index (χ4n) is 1.51. The molecule has 12 heavy (non-hydrogen) atoms. The molecule has 0 bridgehead atoms. The molecule has 0 unspecified atom stereocenters. The Kier molecular flexibility index (Phi) is 2.67. The van der Waals surface area contributed by atoms with Crippen molar-refractivity contribution in [3.05, 3.63) is 0 Å². The summed E-state index contributed by atoms with van der Waals surface area (Å²) < 4.78 is 12.4. The number of aliphatic hydroxyl groups excluding tert-OH is 2. The number of halogens is 1. The molecule has 1 rings (SSSR count). The quantitative estimate of drug-likeness (QED) is 0.412. The lowest BCUT2D eigenvalue weighted by Gasteiger charge is -2.26. The standard InChI is InChI=1S/C7H14FNO3/c1-4-7(12,3-8)6(11)5(2-10)9-4/h4-6,9-12H,2-3H2,1H3/t4-,5+,6+,7-/m0/s1. The fourth-order valence-corrected chi connectivity index (χ4v) is 1.51. The van der Waals surface area contributed by atoms with Crippen molar-refractivity contribution in [1.82, 2.24) is 5.32 Å². The molecule has 1 saturated heterocycles. The molecule has 0 aromatic heterocycles. The Labute approximate surface area is 70.0 Å². The summed E-state index contributed by atoms with van der Waals surface area (Å²) in [5, 5.41) is 30.3. The second-order valence-electron chi connectivity index (χ2n) is 3.25. The summed E-state index contributed by atoms with van der Waals surface area (Å²) in [6.07, 6.45) is -1.25. The summed E-state index contributed by atoms with van der Waals surface area (Å²) in [4.78, 5) is 0. The van der Waals surface area contributed by atoms with Crippen LogP contribution in [0.3, 0.4) is 0 Å². The first-order valence-electron chi connectivity index (χ1n) is 3.89. The van der Waals surface area contributed by atoms with E-state index in [4.69, 9.17) is 5.11 Å². The van der Waals surface area contributed by atoms with Crippen LogP contribution in [0.5, 0.6) is 0 Å². The van der Waals surface area contributed by atoms with E-state index in [9.17, 15) is 14.6 Å². The average molecular weight is 179 g/mol. The molecular weight excluding hydrogens is 165 g/mol. The van der Waals surface area contributed by atoms with Crippen molar-refractivity contribution in [1.29, 1.82) is 0 Å². The van der Waals surface area contributed by atoms with E-state index in [1.165, 1.54) is 0 Å². The van der Waals surface area contributed by atoms with Gasteiger partial charge in [0.05, 0.1) is 12.6 Å². The molecule has 1 fully saturated rings. The molecule has 5 heteroatoms. The van der Waals surface area contributed by atoms with Crippen LogP contribution in [0.25, 0.3) is 0 Å². The maximum Gasteiger partial charge on any atom is 0.135 e. The zero-order valence-corrected chi connectivity index (χ0v) is 6.87. The Hall–Kier alpha value is -0.230. The highest BCUT2D eigenvalue weighted by Crippen LogP contribution is 2.26. The second kappa shape index (κ2) is 3.26. The van der Waals surface area contributed by atoms with Gasteiger partial charge in [-0.15, -0.1) is 0 Å². The number of aliphatic hydroxyl groups is 3. The van der Waals surface area contributed by atoms with Crippen molar-refractivity contribution in [3.8, 4) is 0 Å². The van der Waals surface area contributed by atoms with E-state index in [-0.39, 0.29) is 6.61 Å². The number of alkyl halides is 1. The first-order chi connectivity index (χ1) is 5.56. The van der Waals surface area contributed by atoms with Gasteiger partial charge in [-0.1, -0.05) is 0 Å². The summed E-state index contributed by atoms with van der Waals surface area (Å²) in [7, 11) is 0. The predicted molar refractivity (Wildman–Crippen MR) is 40.4 cm³/mol. The van der Waals surface area contributed by atoms with Gasteiger partial charge < -0.3 is 20.6 Å². The molecule has 1 aliphatic heterocycles. The maximum atomic E-state index is 12.4. The van der Waals surface area contributed by atoms with Gasteiger partial charge in [0.15, 0.2) is 0 Å². The van der Waals surface area contributed by atoms with Gasteiger partial charge in [-0.25, -0.2) is 4.39 Å². The van der Waals surface area contributed by atoms with Crippen LogP contribution >= 0.6 is 0 Å². The van der Waals surface area contributed by atoms with Crippen molar-refractivity contribution in [2.24, 2.45) is 0 Å². The summed E-state index contributed by atoms with van der Waals surface area (Å²) in [5.74, 6) is 0. The minimum atomic E-state index is -1.76. The minimum Gasteiger partial charge on any atom is -0.395 e. The normalized spacial score (nSPS) is 48.2. The van der Waals surface area contributed by atoms with E-state index >= 15 is 0 Å². The third kappa shape index (κ3) is 1.22. The van der Waals surface area contributed by atoms with E-state index in [0.29, 0.717) is 0 Å². The molecule has 4 nitrogen and oxygen atoms in total. The van der Waals surface area contributed by atoms with E-state index in [0.717, 1.165) is 0 Å². The Morgan fingerprint density at radius 1 is 1.58 bits per heavy atom. The van der Waals surface area contributed by atoms with E-state index in [1.54, 1.807) is 6.92 Å². The van der Waals surface area contributed by atoms with Crippen LogP contribution < -0.4 is 5.32 Å². The van der Waals surface area contributed by atoms with E-state index in [2.05, 4.69) is 5.32 Å². The molecule has 0 aromatic rings. The number of hydrogen-bond donors (Lipinski definition) is 4. The number of rotatable bonds is 2. The van der Waals surface area contributed by atoms with Crippen LogP contribution in [0, 0.1) is 0 Å². The zero-order valence-electron chi connectivity index (χ0n) is 6.87. The molecule has 4 N–H and O–H groups in total. The van der Waals surface area contributed by atoms with Crippen LogP contribution in [0.1, 0.15) is 6.92 Å². The molecule has 0 saturated carbocycles. The first-order valence-corrected chi connectivity index (χ1v) is 3.89. The average Bonchev–Trinajstić information content (AvgIpc) is 2.30. The fraction of sp³-hybridized carbons (Fsp3) is 1.00. The van der Waals surface area contributed by atoms with Gasteiger partial charge in [-0.2, -0.15) is 0 Å². The van der Waals surface area contributed by atoms with Gasteiger partial charge >= 0.3 is 0 Å². The summed E-state index contributed by atoms with van der Waals surface area (Å²) in [6.45, 7) is 0.241. The summed E-state index contributed by atoms with van der Waals surface area (Å²) in [5.41, 5.74) is -1.76. The molecule has 1 aliphatic rings. The third-order valence-electron chi connectivity index (χ3n) is 2.52. The molecule has 0 aliphatic carbocycles. The molecular formula is C7H14FNO3.